The van der Waals surface area contributed by atoms with Gasteiger partial charge in [0.1, 0.15) is 5.76 Å². The smallest absolute Gasteiger partial charge is 0.108 e. The molecule has 2 nitrogen and oxygen atoms in total. The third-order valence-electron chi connectivity index (χ3n) is 2.31. The molecular formula is C12H17NO. The van der Waals surface area contributed by atoms with Crippen LogP contribution in [0.4, 0.5) is 0 Å². The minimum Gasteiger partial charge on any atom is -0.469 e. The highest BCUT2D eigenvalue weighted by Gasteiger charge is 2.13. The van der Waals surface area contributed by atoms with Crippen LogP contribution in [0.2, 0.25) is 0 Å². The van der Waals surface area contributed by atoms with Gasteiger partial charge in [0.25, 0.3) is 0 Å². The molecule has 76 valence electrons. The van der Waals surface area contributed by atoms with E-state index in [-0.39, 0.29) is 6.04 Å². The van der Waals surface area contributed by atoms with Gasteiger partial charge in [-0.25, -0.2) is 0 Å². The Morgan fingerprint density at radius 2 is 2.36 bits per heavy atom. The fourth-order valence-corrected chi connectivity index (χ4v) is 1.52. The molecule has 1 heterocycles. The maximum Gasteiger partial charge on any atom is 0.108 e. The summed E-state index contributed by atoms with van der Waals surface area (Å²) in [4.78, 5) is 0. The maximum absolute atomic E-state index is 5.39. The SMILES string of the molecule is CC#CCC(NC)c1ccoc1CC. The molecule has 2 heteroatoms. The second kappa shape index (κ2) is 5.51. The number of rotatable bonds is 4. The Morgan fingerprint density at radius 1 is 1.57 bits per heavy atom. The molecule has 0 aliphatic rings. The van der Waals surface area contributed by atoms with Crippen molar-refractivity contribution in [3.05, 3.63) is 23.7 Å². The van der Waals surface area contributed by atoms with Gasteiger partial charge in [0.2, 0.25) is 0 Å². The Kier molecular flexibility index (Phi) is 4.28. The fourth-order valence-electron chi connectivity index (χ4n) is 1.52. The summed E-state index contributed by atoms with van der Waals surface area (Å²) in [5.74, 6) is 7.05. The molecule has 1 aromatic rings. The Labute approximate surface area is 85.7 Å². The van der Waals surface area contributed by atoms with Crippen LogP contribution in [0.5, 0.6) is 0 Å². The van der Waals surface area contributed by atoms with E-state index < -0.39 is 0 Å². The number of aryl methyl sites for hydroxylation is 1. The van der Waals surface area contributed by atoms with Crippen molar-refractivity contribution in [3.63, 3.8) is 0 Å². The summed E-state index contributed by atoms with van der Waals surface area (Å²) in [5, 5.41) is 3.25. The second-order valence-electron chi connectivity index (χ2n) is 3.12. The van der Waals surface area contributed by atoms with E-state index in [2.05, 4.69) is 24.1 Å². The van der Waals surface area contributed by atoms with E-state index in [4.69, 9.17) is 4.42 Å². The predicted molar refractivity (Wildman–Crippen MR) is 58.0 cm³/mol. The normalized spacial score (nSPS) is 11.9. The number of hydrogen-bond acceptors (Lipinski definition) is 2. The van der Waals surface area contributed by atoms with Crippen LogP contribution in [-0.2, 0) is 6.42 Å². The lowest BCUT2D eigenvalue weighted by molar-refractivity contribution is 0.497. The van der Waals surface area contributed by atoms with Crippen molar-refractivity contribution in [1.29, 1.82) is 0 Å². The van der Waals surface area contributed by atoms with Crippen molar-refractivity contribution >= 4 is 0 Å². The van der Waals surface area contributed by atoms with Gasteiger partial charge in [-0.1, -0.05) is 6.92 Å². The summed E-state index contributed by atoms with van der Waals surface area (Å²) < 4.78 is 5.39. The van der Waals surface area contributed by atoms with E-state index in [1.165, 1.54) is 5.56 Å². The van der Waals surface area contributed by atoms with Crippen LogP contribution in [-0.4, -0.2) is 7.05 Å². The first kappa shape index (κ1) is 10.9. The minimum atomic E-state index is 0.288. The topological polar surface area (TPSA) is 25.2 Å². The lowest BCUT2D eigenvalue weighted by atomic mass is 10.0. The highest BCUT2D eigenvalue weighted by molar-refractivity contribution is 5.23. The molecule has 0 bridgehead atoms. The molecule has 1 aromatic heterocycles. The van der Waals surface area contributed by atoms with Crippen LogP contribution >= 0.6 is 0 Å². The van der Waals surface area contributed by atoms with Crippen LogP contribution in [0.1, 0.15) is 37.6 Å². The zero-order valence-electron chi connectivity index (χ0n) is 9.05. The van der Waals surface area contributed by atoms with E-state index in [1.807, 2.05) is 20.0 Å². The van der Waals surface area contributed by atoms with E-state index >= 15 is 0 Å². The van der Waals surface area contributed by atoms with Crippen molar-refractivity contribution in [2.75, 3.05) is 7.05 Å². The highest BCUT2D eigenvalue weighted by atomic mass is 16.3. The maximum atomic E-state index is 5.39. The Hall–Kier alpha value is -1.20. The lowest BCUT2D eigenvalue weighted by Gasteiger charge is -2.12. The van der Waals surface area contributed by atoms with Crippen LogP contribution in [0, 0.1) is 11.8 Å². The Balaban J connectivity index is 2.80. The summed E-state index contributed by atoms with van der Waals surface area (Å²) in [6.07, 6.45) is 3.51. The summed E-state index contributed by atoms with van der Waals surface area (Å²) in [7, 11) is 1.95. The van der Waals surface area contributed by atoms with E-state index in [1.54, 1.807) is 6.26 Å². The van der Waals surface area contributed by atoms with Gasteiger partial charge in [0.05, 0.1) is 6.26 Å². The van der Waals surface area contributed by atoms with Crippen LogP contribution in [0.3, 0.4) is 0 Å². The van der Waals surface area contributed by atoms with E-state index in [0.717, 1.165) is 18.6 Å². The first-order chi connectivity index (χ1) is 6.83. The van der Waals surface area contributed by atoms with Crippen LogP contribution in [0.25, 0.3) is 0 Å². The number of furan rings is 1. The molecule has 0 aromatic carbocycles. The molecule has 0 saturated heterocycles. The third-order valence-corrected chi connectivity index (χ3v) is 2.31. The molecule has 1 atom stereocenters. The minimum absolute atomic E-state index is 0.288. The van der Waals surface area contributed by atoms with E-state index in [0.29, 0.717) is 0 Å². The first-order valence-electron chi connectivity index (χ1n) is 4.96. The third kappa shape index (κ3) is 2.40. The largest absolute Gasteiger partial charge is 0.469 e. The van der Waals surface area contributed by atoms with E-state index in [9.17, 15) is 0 Å². The Morgan fingerprint density at radius 3 is 2.93 bits per heavy atom. The van der Waals surface area contributed by atoms with Gasteiger partial charge in [-0.15, -0.1) is 11.8 Å². The molecule has 0 aliphatic carbocycles. The average molecular weight is 191 g/mol. The van der Waals surface area contributed by atoms with Gasteiger partial charge >= 0.3 is 0 Å². The predicted octanol–water partition coefficient (Wildman–Crippen LogP) is 2.52. The summed E-state index contributed by atoms with van der Waals surface area (Å²) >= 11 is 0. The lowest BCUT2D eigenvalue weighted by Crippen LogP contribution is -2.16. The molecule has 0 spiro atoms. The molecule has 0 radical (unpaired) electrons. The molecule has 0 saturated carbocycles. The molecular weight excluding hydrogens is 174 g/mol. The number of hydrogen-bond donors (Lipinski definition) is 1. The molecule has 0 aliphatic heterocycles. The summed E-state index contributed by atoms with van der Waals surface area (Å²) in [5.41, 5.74) is 1.23. The first-order valence-corrected chi connectivity index (χ1v) is 4.96. The zero-order chi connectivity index (χ0) is 10.4. The van der Waals surface area contributed by atoms with Crippen molar-refractivity contribution in [2.24, 2.45) is 0 Å². The van der Waals surface area contributed by atoms with Crippen molar-refractivity contribution in [3.8, 4) is 11.8 Å². The molecule has 0 fully saturated rings. The van der Waals surface area contributed by atoms with Gasteiger partial charge in [-0.2, -0.15) is 0 Å². The quantitative estimate of drug-likeness (QED) is 0.740. The fraction of sp³-hybridized carbons (Fsp3) is 0.500. The van der Waals surface area contributed by atoms with Gasteiger partial charge in [-0.3, -0.25) is 0 Å². The molecule has 14 heavy (non-hydrogen) atoms. The zero-order valence-corrected chi connectivity index (χ0v) is 9.05. The van der Waals surface area contributed by atoms with Crippen molar-refractivity contribution in [2.45, 2.75) is 32.7 Å². The van der Waals surface area contributed by atoms with Gasteiger partial charge in [0.15, 0.2) is 0 Å². The monoisotopic (exact) mass is 191 g/mol. The van der Waals surface area contributed by atoms with Gasteiger partial charge in [0, 0.05) is 24.4 Å². The Bertz CT molecular complexity index is 330. The molecule has 1 unspecified atom stereocenters. The van der Waals surface area contributed by atoms with Crippen LogP contribution in [0.15, 0.2) is 16.7 Å². The van der Waals surface area contributed by atoms with Gasteiger partial charge in [-0.05, 0) is 20.0 Å². The standard InChI is InChI=1S/C12H17NO/c1-4-6-7-11(13-3)10-8-9-14-12(10)5-2/h8-9,11,13H,5,7H2,1-3H3. The molecule has 0 amide bonds. The summed E-state index contributed by atoms with van der Waals surface area (Å²) in [6, 6.07) is 2.31. The molecule has 1 rings (SSSR count). The highest BCUT2D eigenvalue weighted by Crippen LogP contribution is 2.21. The second-order valence-corrected chi connectivity index (χ2v) is 3.12. The van der Waals surface area contributed by atoms with Crippen molar-refractivity contribution in [1.82, 2.24) is 5.32 Å². The summed E-state index contributed by atoms with van der Waals surface area (Å²) in [6.45, 7) is 3.96. The molecule has 1 N–H and O–H groups in total. The number of nitrogens with one attached hydrogen (secondary N) is 1. The average Bonchev–Trinajstić information content (AvgIpc) is 2.67. The van der Waals surface area contributed by atoms with Gasteiger partial charge < -0.3 is 9.73 Å². The van der Waals surface area contributed by atoms with Crippen LogP contribution < -0.4 is 5.32 Å². The van der Waals surface area contributed by atoms with Crippen molar-refractivity contribution < 1.29 is 4.42 Å².